The topological polar surface area (TPSA) is 244 Å². The molecular weight excluding hydrogens is 847 g/mol. The highest BCUT2D eigenvalue weighted by Gasteiger charge is 2.21. The Morgan fingerprint density at radius 2 is 1.00 bits per heavy atom. The van der Waals surface area contributed by atoms with Gasteiger partial charge in [-0.3, -0.25) is 28.8 Å². The minimum absolute atomic E-state index is 0.0516. The van der Waals surface area contributed by atoms with Crippen LogP contribution in [0.1, 0.15) is 82.3 Å². The number of esters is 2. The number of hydrogen-bond donors (Lipinski definition) is 5. The number of amides is 5. The third kappa shape index (κ3) is 31.8. The molecule has 362 valence electrons. The minimum atomic E-state index is -0.866. The average molecular weight is 916 g/mol. The van der Waals surface area contributed by atoms with Gasteiger partial charge in [-0.2, -0.15) is 0 Å². The molecule has 2 rings (SSSR count). The van der Waals surface area contributed by atoms with Gasteiger partial charge < -0.3 is 59.7 Å². The fourth-order valence-electron chi connectivity index (χ4n) is 5.51. The van der Waals surface area contributed by atoms with E-state index in [0.717, 1.165) is 24.0 Å². The van der Waals surface area contributed by atoms with Crippen LogP contribution in [0.2, 0.25) is 0 Å². The van der Waals surface area contributed by atoms with Gasteiger partial charge in [-0.05, 0) is 43.2 Å². The van der Waals surface area contributed by atoms with Crippen LogP contribution in [0.4, 0.5) is 4.79 Å². The van der Waals surface area contributed by atoms with E-state index in [1.54, 1.807) is 0 Å². The summed E-state index contributed by atoms with van der Waals surface area (Å²) in [6, 6.07) is 17.5. The number of ether oxygens (including phenoxy) is 7. The van der Waals surface area contributed by atoms with Gasteiger partial charge in [0.25, 0.3) is 0 Å². The summed E-state index contributed by atoms with van der Waals surface area (Å²) in [4.78, 5) is 85.3. The molecule has 0 spiro atoms. The predicted molar refractivity (Wildman–Crippen MR) is 238 cm³/mol. The highest BCUT2D eigenvalue weighted by atomic mass is 16.6. The fraction of sp³-hybridized carbons (Fsp3) is 0.587. The molecule has 0 aliphatic rings. The molecule has 0 fully saturated rings. The van der Waals surface area contributed by atoms with Crippen LogP contribution in [0.15, 0.2) is 60.7 Å². The van der Waals surface area contributed by atoms with Crippen molar-refractivity contribution in [3.8, 4) is 0 Å². The zero-order valence-corrected chi connectivity index (χ0v) is 37.7. The normalized spacial score (nSPS) is 11.2. The summed E-state index contributed by atoms with van der Waals surface area (Å²) in [6.45, 7) is 5.79. The van der Waals surface area contributed by atoms with Gasteiger partial charge in [0.05, 0.1) is 59.5 Å². The Balaban J connectivity index is 1.43. The lowest BCUT2D eigenvalue weighted by atomic mass is 10.1. The number of alkyl carbamates (subject to hydrolysis) is 1. The summed E-state index contributed by atoms with van der Waals surface area (Å²) in [6.07, 6.45) is 2.93. The molecule has 0 radical (unpaired) electrons. The molecule has 0 saturated heterocycles. The summed E-state index contributed by atoms with van der Waals surface area (Å²) in [5, 5.41) is 13.6. The van der Waals surface area contributed by atoms with Crippen LogP contribution >= 0.6 is 0 Å². The number of nitrogens with one attached hydrogen (secondary N) is 5. The third-order valence-electron chi connectivity index (χ3n) is 9.06. The molecule has 0 aliphatic carbocycles. The Morgan fingerprint density at radius 1 is 0.477 bits per heavy atom. The Morgan fingerprint density at radius 3 is 1.58 bits per heavy atom. The summed E-state index contributed by atoms with van der Waals surface area (Å²) in [5.74, 6) is -2.14. The zero-order valence-electron chi connectivity index (χ0n) is 37.7. The van der Waals surface area contributed by atoms with Crippen molar-refractivity contribution in [1.82, 2.24) is 26.6 Å². The molecule has 0 aromatic heterocycles. The van der Waals surface area contributed by atoms with Crippen molar-refractivity contribution in [2.24, 2.45) is 0 Å². The smallest absolute Gasteiger partial charge is 0.408 e. The maximum absolute atomic E-state index is 13.0. The summed E-state index contributed by atoms with van der Waals surface area (Å²) in [5.41, 5.74) is 1.64. The first-order valence-electron chi connectivity index (χ1n) is 22.4. The van der Waals surface area contributed by atoms with Gasteiger partial charge in [0.15, 0.2) is 0 Å². The molecule has 19 heteroatoms. The van der Waals surface area contributed by atoms with E-state index < -0.39 is 29.9 Å². The number of benzene rings is 2. The molecule has 5 amide bonds. The first-order valence-corrected chi connectivity index (χ1v) is 22.4. The molecule has 0 bridgehead atoms. The average Bonchev–Trinajstić information content (AvgIpc) is 3.30. The fourth-order valence-corrected chi connectivity index (χ4v) is 5.51. The van der Waals surface area contributed by atoms with Gasteiger partial charge in [0, 0.05) is 45.4 Å². The highest BCUT2D eigenvalue weighted by Crippen LogP contribution is 2.06. The van der Waals surface area contributed by atoms with Gasteiger partial charge in [-0.15, -0.1) is 0 Å². The van der Waals surface area contributed by atoms with Crippen molar-refractivity contribution in [1.29, 1.82) is 0 Å². The van der Waals surface area contributed by atoms with Crippen molar-refractivity contribution in [2.75, 3.05) is 85.6 Å². The van der Waals surface area contributed by atoms with E-state index in [1.165, 1.54) is 0 Å². The van der Waals surface area contributed by atoms with E-state index in [0.29, 0.717) is 52.0 Å². The minimum Gasteiger partial charge on any atom is -0.466 e. The van der Waals surface area contributed by atoms with Crippen LogP contribution in [0.3, 0.4) is 0 Å². The number of unbranched alkanes of at least 4 members (excludes halogenated alkanes) is 2. The zero-order chi connectivity index (χ0) is 47.0. The molecule has 0 aliphatic heterocycles. The maximum Gasteiger partial charge on any atom is 0.408 e. The van der Waals surface area contributed by atoms with Gasteiger partial charge in [-0.25, -0.2) is 4.79 Å². The summed E-state index contributed by atoms with van der Waals surface area (Å²) < 4.78 is 37.3. The predicted octanol–water partition coefficient (Wildman–Crippen LogP) is 3.02. The molecule has 2 aromatic carbocycles. The number of carbonyl (C=O) groups excluding carboxylic acids is 7. The van der Waals surface area contributed by atoms with E-state index in [2.05, 4.69) is 26.6 Å². The van der Waals surface area contributed by atoms with Crippen LogP contribution in [0, 0.1) is 0 Å². The van der Waals surface area contributed by atoms with Crippen molar-refractivity contribution < 1.29 is 66.7 Å². The van der Waals surface area contributed by atoms with Crippen molar-refractivity contribution in [2.45, 2.75) is 90.4 Å². The quantitative estimate of drug-likeness (QED) is 0.0282. The monoisotopic (exact) mass is 915 g/mol. The Labute approximate surface area is 382 Å². The molecule has 0 saturated carbocycles. The largest absolute Gasteiger partial charge is 0.466 e. The van der Waals surface area contributed by atoms with E-state index in [-0.39, 0.29) is 116 Å². The second-order valence-corrected chi connectivity index (χ2v) is 14.5. The van der Waals surface area contributed by atoms with Gasteiger partial charge >= 0.3 is 18.0 Å². The first kappa shape index (κ1) is 55.5. The Hall–Kier alpha value is -5.63. The number of hydrogen-bond acceptors (Lipinski definition) is 14. The molecular formula is C46H69N5O14. The lowest BCUT2D eigenvalue weighted by molar-refractivity contribution is -0.148. The van der Waals surface area contributed by atoms with Gasteiger partial charge in [0.1, 0.15) is 25.7 Å². The van der Waals surface area contributed by atoms with Crippen molar-refractivity contribution in [3.63, 3.8) is 0 Å². The van der Waals surface area contributed by atoms with Crippen LogP contribution in [0.25, 0.3) is 0 Å². The molecule has 1 atom stereocenters. The molecule has 0 heterocycles. The summed E-state index contributed by atoms with van der Waals surface area (Å²) >= 11 is 0. The van der Waals surface area contributed by atoms with Crippen LogP contribution < -0.4 is 26.6 Å². The standard InChI is InChI=1S/C46H69N5O14/c1-2-3-25-63-43(55)18-12-22-50-45(57)39(51-46(58)65-36-38-15-8-5-9-16-38)17-10-11-21-47-40(52)19-26-59-30-32-61-28-23-48-41(53)20-27-60-31-33-62-29-24-49-42(54)34-44(56)64-35-37-13-6-4-7-14-37/h4-9,13-16,39H,2-3,10-12,17-36H2,1H3,(H,47,52)(H,48,53)(H,49,54)(H,50,57)(H,51,58)/t39-/m0/s1. The third-order valence-corrected chi connectivity index (χ3v) is 9.06. The van der Waals surface area contributed by atoms with Crippen LogP contribution in [-0.2, 0) is 75.1 Å². The van der Waals surface area contributed by atoms with Crippen molar-refractivity contribution >= 4 is 41.7 Å². The van der Waals surface area contributed by atoms with E-state index >= 15 is 0 Å². The number of rotatable bonds is 38. The van der Waals surface area contributed by atoms with Crippen LogP contribution in [-0.4, -0.2) is 133 Å². The molecule has 65 heavy (non-hydrogen) atoms. The van der Waals surface area contributed by atoms with Gasteiger partial charge in [-0.1, -0.05) is 74.0 Å². The molecule has 5 N–H and O–H groups in total. The second kappa shape index (κ2) is 37.7. The second-order valence-electron chi connectivity index (χ2n) is 14.5. The summed E-state index contributed by atoms with van der Waals surface area (Å²) in [7, 11) is 0. The molecule has 19 nitrogen and oxygen atoms in total. The lowest BCUT2D eigenvalue weighted by Gasteiger charge is -2.18. The highest BCUT2D eigenvalue weighted by molar-refractivity contribution is 5.94. The SMILES string of the molecule is CCCCOC(=O)CCCNC(=O)[C@H](CCCCNC(=O)CCOCCOCCNC(=O)CCOCCOCCNC(=O)CC(=O)OCc1ccccc1)NC(=O)OCc1ccccc1. The Bertz CT molecular complexity index is 1640. The lowest BCUT2D eigenvalue weighted by Crippen LogP contribution is -2.47. The molecule has 0 unspecified atom stereocenters. The van der Waals surface area contributed by atoms with E-state index in [9.17, 15) is 33.6 Å². The van der Waals surface area contributed by atoms with Crippen LogP contribution in [0.5, 0.6) is 0 Å². The molecule has 2 aromatic rings. The number of carbonyl (C=O) groups is 7. The van der Waals surface area contributed by atoms with Gasteiger partial charge in [0.2, 0.25) is 23.6 Å². The van der Waals surface area contributed by atoms with E-state index in [4.69, 9.17) is 33.2 Å². The maximum atomic E-state index is 13.0. The van der Waals surface area contributed by atoms with E-state index in [1.807, 2.05) is 67.6 Å². The first-order chi connectivity index (χ1) is 31.7. The van der Waals surface area contributed by atoms with Crippen molar-refractivity contribution in [3.05, 3.63) is 71.8 Å². The Kier molecular flexibility index (Phi) is 32.2.